The number of thioether (sulfide) groups is 1. The first-order valence-electron chi connectivity index (χ1n) is 7.56. The summed E-state index contributed by atoms with van der Waals surface area (Å²) in [6, 6.07) is 11.7. The van der Waals surface area contributed by atoms with Gasteiger partial charge in [0, 0.05) is 9.92 Å². The molecule has 7 heteroatoms. The Kier molecular flexibility index (Phi) is 7.03. The van der Waals surface area contributed by atoms with Gasteiger partial charge in [0.1, 0.15) is 0 Å². The van der Waals surface area contributed by atoms with Crippen LogP contribution in [-0.4, -0.2) is 29.0 Å². The molecule has 0 aliphatic carbocycles. The van der Waals surface area contributed by atoms with Crippen LogP contribution in [0.25, 0.3) is 0 Å². The molecule has 0 spiro atoms. The van der Waals surface area contributed by atoms with Crippen molar-refractivity contribution in [2.45, 2.75) is 18.2 Å². The fourth-order valence-corrected chi connectivity index (χ4v) is 3.07. The minimum atomic E-state index is -0.987. The number of amides is 1. The summed E-state index contributed by atoms with van der Waals surface area (Å²) in [5, 5.41) is 13.3. The van der Waals surface area contributed by atoms with Crippen molar-refractivity contribution in [3.05, 3.63) is 64.2 Å². The maximum Gasteiger partial charge on any atom is 0.335 e. The first kappa shape index (κ1) is 19.0. The SMILES string of the molecule is CCSc1ccc(Cl)cc1CC(=O)N/N=C\c1ccc(C(=O)O)cc1. The lowest BCUT2D eigenvalue weighted by molar-refractivity contribution is -0.120. The first-order chi connectivity index (χ1) is 12.0. The predicted molar refractivity (Wildman–Crippen MR) is 101 cm³/mol. The van der Waals surface area contributed by atoms with Crippen molar-refractivity contribution in [1.29, 1.82) is 0 Å². The van der Waals surface area contributed by atoms with E-state index in [4.69, 9.17) is 16.7 Å². The van der Waals surface area contributed by atoms with Gasteiger partial charge < -0.3 is 5.11 Å². The van der Waals surface area contributed by atoms with Gasteiger partial charge in [-0.05, 0) is 47.2 Å². The van der Waals surface area contributed by atoms with Gasteiger partial charge in [0.05, 0.1) is 18.2 Å². The largest absolute Gasteiger partial charge is 0.478 e. The van der Waals surface area contributed by atoms with Crippen molar-refractivity contribution in [2.24, 2.45) is 5.10 Å². The normalized spacial score (nSPS) is 10.8. The number of carbonyl (C=O) groups is 2. The van der Waals surface area contributed by atoms with Crippen LogP contribution in [0.2, 0.25) is 5.02 Å². The zero-order valence-corrected chi connectivity index (χ0v) is 15.1. The summed E-state index contributed by atoms with van der Waals surface area (Å²) in [6.07, 6.45) is 1.64. The van der Waals surface area contributed by atoms with Crippen LogP contribution < -0.4 is 5.43 Å². The summed E-state index contributed by atoms with van der Waals surface area (Å²) in [5.74, 6) is -0.335. The molecule has 0 atom stereocenters. The molecule has 25 heavy (non-hydrogen) atoms. The molecule has 0 aromatic heterocycles. The number of aromatic carboxylic acids is 1. The number of carboxylic acid groups (broad SMARTS) is 1. The number of nitrogens with zero attached hydrogens (tertiary/aromatic N) is 1. The van der Waals surface area contributed by atoms with Crippen molar-refractivity contribution < 1.29 is 14.7 Å². The minimum Gasteiger partial charge on any atom is -0.478 e. The Morgan fingerprint density at radius 2 is 1.96 bits per heavy atom. The molecule has 0 saturated carbocycles. The van der Waals surface area contributed by atoms with E-state index >= 15 is 0 Å². The van der Waals surface area contributed by atoms with Crippen LogP contribution >= 0.6 is 23.4 Å². The van der Waals surface area contributed by atoms with E-state index in [0.717, 1.165) is 16.2 Å². The zero-order valence-electron chi connectivity index (χ0n) is 13.5. The van der Waals surface area contributed by atoms with E-state index in [1.807, 2.05) is 13.0 Å². The Morgan fingerprint density at radius 3 is 2.60 bits per heavy atom. The van der Waals surface area contributed by atoms with Crippen LogP contribution in [0.3, 0.4) is 0 Å². The highest BCUT2D eigenvalue weighted by molar-refractivity contribution is 7.99. The lowest BCUT2D eigenvalue weighted by atomic mass is 10.1. The number of carbonyl (C=O) groups excluding carboxylic acids is 1. The fraction of sp³-hybridized carbons (Fsp3) is 0.167. The second-order valence-electron chi connectivity index (χ2n) is 5.08. The van der Waals surface area contributed by atoms with Crippen molar-refractivity contribution in [2.75, 3.05) is 5.75 Å². The molecule has 2 N–H and O–H groups in total. The number of carboxylic acids is 1. The highest BCUT2D eigenvalue weighted by Crippen LogP contribution is 2.26. The van der Waals surface area contributed by atoms with Crippen LogP contribution in [0.1, 0.15) is 28.4 Å². The molecule has 2 aromatic carbocycles. The molecule has 130 valence electrons. The van der Waals surface area contributed by atoms with Crippen LogP contribution in [0.5, 0.6) is 0 Å². The second-order valence-corrected chi connectivity index (χ2v) is 6.82. The number of nitrogens with one attached hydrogen (secondary N) is 1. The standard InChI is InChI=1S/C18H17ClN2O3S/c1-2-25-16-8-7-15(19)9-14(16)10-17(22)21-20-11-12-3-5-13(6-4-12)18(23)24/h3-9,11H,2,10H2,1H3,(H,21,22)(H,23,24)/b20-11-. The fourth-order valence-electron chi connectivity index (χ4n) is 2.09. The molecule has 1 amide bonds. The van der Waals surface area contributed by atoms with Gasteiger partial charge in [-0.2, -0.15) is 5.10 Å². The third-order valence-corrected chi connectivity index (χ3v) is 4.47. The third kappa shape index (κ3) is 5.92. The van der Waals surface area contributed by atoms with Gasteiger partial charge >= 0.3 is 5.97 Å². The van der Waals surface area contributed by atoms with Gasteiger partial charge in [0.2, 0.25) is 5.91 Å². The maximum atomic E-state index is 12.1. The Balaban J connectivity index is 1.96. The van der Waals surface area contributed by atoms with E-state index in [0.29, 0.717) is 10.6 Å². The summed E-state index contributed by atoms with van der Waals surface area (Å²) in [4.78, 5) is 23.9. The number of hydrogen-bond donors (Lipinski definition) is 2. The Hall–Kier alpha value is -2.31. The van der Waals surface area contributed by atoms with Gasteiger partial charge in [-0.3, -0.25) is 4.79 Å². The average Bonchev–Trinajstić information content (AvgIpc) is 2.58. The number of halogens is 1. The minimum absolute atomic E-state index is 0.179. The van der Waals surface area contributed by atoms with Crippen molar-refractivity contribution in [3.63, 3.8) is 0 Å². The molecule has 0 heterocycles. The predicted octanol–water partition coefficient (Wildman–Crippen LogP) is 3.84. The molecule has 0 aliphatic rings. The quantitative estimate of drug-likeness (QED) is 0.437. The smallest absolute Gasteiger partial charge is 0.335 e. The van der Waals surface area contributed by atoms with Crippen LogP contribution in [0.4, 0.5) is 0 Å². The summed E-state index contributed by atoms with van der Waals surface area (Å²) in [7, 11) is 0. The van der Waals surface area contributed by atoms with Gasteiger partial charge in [-0.1, -0.05) is 30.7 Å². The molecule has 0 aliphatic heterocycles. The highest BCUT2D eigenvalue weighted by Gasteiger charge is 2.08. The van der Waals surface area contributed by atoms with Crippen molar-refractivity contribution in [3.8, 4) is 0 Å². The maximum absolute atomic E-state index is 12.1. The van der Waals surface area contributed by atoms with Gasteiger partial charge in [-0.25, -0.2) is 10.2 Å². The topological polar surface area (TPSA) is 78.8 Å². The van der Waals surface area contributed by atoms with Crippen LogP contribution in [-0.2, 0) is 11.2 Å². The summed E-state index contributed by atoms with van der Waals surface area (Å²) in [5.41, 5.74) is 4.21. The molecule has 0 bridgehead atoms. The monoisotopic (exact) mass is 376 g/mol. The lowest BCUT2D eigenvalue weighted by Crippen LogP contribution is -2.20. The van der Waals surface area contributed by atoms with Crippen molar-refractivity contribution >= 4 is 41.5 Å². The number of hydrogen-bond acceptors (Lipinski definition) is 4. The molecule has 0 saturated heterocycles. The molecule has 0 unspecified atom stereocenters. The zero-order chi connectivity index (χ0) is 18.2. The molecule has 5 nitrogen and oxygen atoms in total. The number of hydrazone groups is 1. The average molecular weight is 377 g/mol. The van der Waals surface area contributed by atoms with E-state index in [1.54, 1.807) is 36.0 Å². The van der Waals surface area contributed by atoms with Crippen molar-refractivity contribution in [1.82, 2.24) is 5.43 Å². The molecule has 2 aromatic rings. The third-order valence-electron chi connectivity index (χ3n) is 3.23. The highest BCUT2D eigenvalue weighted by atomic mass is 35.5. The molecule has 2 rings (SSSR count). The molecular formula is C18H17ClN2O3S. The lowest BCUT2D eigenvalue weighted by Gasteiger charge is -2.08. The Bertz CT molecular complexity index is 791. The molecule has 0 radical (unpaired) electrons. The first-order valence-corrected chi connectivity index (χ1v) is 8.92. The van der Waals surface area contributed by atoms with E-state index in [-0.39, 0.29) is 17.9 Å². The Morgan fingerprint density at radius 1 is 1.24 bits per heavy atom. The van der Waals surface area contributed by atoms with Crippen LogP contribution in [0.15, 0.2) is 52.5 Å². The van der Waals surface area contributed by atoms with E-state index in [2.05, 4.69) is 10.5 Å². The number of rotatable bonds is 7. The summed E-state index contributed by atoms with van der Waals surface area (Å²) < 4.78 is 0. The second kappa shape index (κ2) is 9.25. The van der Waals surface area contributed by atoms with E-state index < -0.39 is 5.97 Å². The van der Waals surface area contributed by atoms with Gasteiger partial charge in [-0.15, -0.1) is 11.8 Å². The van der Waals surface area contributed by atoms with Gasteiger partial charge in [0.15, 0.2) is 0 Å². The summed E-state index contributed by atoms with van der Waals surface area (Å²) in [6.45, 7) is 2.04. The van der Waals surface area contributed by atoms with E-state index in [9.17, 15) is 9.59 Å². The van der Waals surface area contributed by atoms with E-state index in [1.165, 1.54) is 18.3 Å². The molecule has 0 fully saturated rings. The molecular weight excluding hydrogens is 360 g/mol. The summed E-state index contributed by atoms with van der Waals surface area (Å²) >= 11 is 7.66. The Labute approximate surface area is 155 Å². The van der Waals surface area contributed by atoms with Crippen LogP contribution in [0, 0.1) is 0 Å². The number of benzene rings is 2. The van der Waals surface area contributed by atoms with Gasteiger partial charge in [0.25, 0.3) is 0 Å².